The van der Waals surface area contributed by atoms with Crippen molar-refractivity contribution < 1.29 is 9.90 Å². The molecule has 0 aliphatic carbocycles. The van der Waals surface area contributed by atoms with Gasteiger partial charge in [0.05, 0.1) is 5.92 Å². The van der Waals surface area contributed by atoms with Gasteiger partial charge >= 0.3 is 5.97 Å². The third-order valence-corrected chi connectivity index (χ3v) is 3.64. The molecule has 18 heavy (non-hydrogen) atoms. The standard InChI is InChI=1S/C14H20N2O2/c15-8-11-6-7-16(9-11)10-13(14(17)18)12-4-2-1-3-5-12/h1-5,11,13H,6-10,15H2,(H,17,18). The number of rotatable bonds is 5. The zero-order chi connectivity index (χ0) is 13.0. The fourth-order valence-electron chi connectivity index (χ4n) is 2.54. The molecule has 1 aliphatic heterocycles. The largest absolute Gasteiger partial charge is 0.481 e. The SMILES string of the molecule is NCC1CCN(CC(C(=O)O)c2ccccc2)C1. The van der Waals surface area contributed by atoms with Gasteiger partial charge in [-0.3, -0.25) is 4.79 Å². The van der Waals surface area contributed by atoms with Crippen molar-refractivity contribution in [3.05, 3.63) is 35.9 Å². The summed E-state index contributed by atoms with van der Waals surface area (Å²) in [5.74, 6) is -0.671. The predicted molar refractivity (Wildman–Crippen MR) is 70.4 cm³/mol. The molecule has 1 heterocycles. The van der Waals surface area contributed by atoms with E-state index in [1.807, 2.05) is 30.3 Å². The van der Waals surface area contributed by atoms with Crippen LogP contribution in [0.2, 0.25) is 0 Å². The van der Waals surface area contributed by atoms with Crippen molar-refractivity contribution in [2.75, 3.05) is 26.2 Å². The molecule has 98 valence electrons. The third kappa shape index (κ3) is 3.09. The Hall–Kier alpha value is -1.39. The van der Waals surface area contributed by atoms with Crippen LogP contribution < -0.4 is 5.73 Å². The molecule has 4 heteroatoms. The number of nitrogens with two attached hydrogens (primary N) is 1. The number of hydrogen-bond acceptors (Lipinski definition) is 3. The summed E-state index contributed by atoms with van der Waals surface area (Å²) in [7, 11) is 0. The summed E-state index contributed by atoms with van der Waals surface area (Å²) < 4.78 is 0. The molecular weight excluding hydrogens is 228 g/mol. The smallest absolute Gasteiger partial charge is 0.312 e. The molecule has 2 atom stereocenters. The maximum Gasteiger partial charge on any atom is 0.312 e. The number of hydrogen-bond donors (Lipinski definition) is 2. The van der Waals surface area contributed by atoms with E-state index >= 15 is 0 Å². The summed E-state index contributed by atoms with van der Waals surface area (Å²) >= 11 is 0. The van der Waals surface area contributed by atoms with Crippen molar-refractivity contribution in [3.8, 4) is 0 Å². The van der Waals surface area contributed by atoms with Crippen molar-refractivity contribution in [1.29, 1.82) is 0 Å². The topological polar surface area (TPSA) is 66.6 Å². The Labute approximate surface area is 107 Å². The molecule has 0 saturated carbocycles. The van der Waals surface area contributed by atoms with Crippen molar-refractivity contribution in [2.24, 2.45) is 11.7 Å². The van der Waals surface area contributed by atoms with Gasteiger partial charge in [-0.1, -0.05) is 30.3 Å². The summed E-state index contributed by atoms with van der Waals surface area (Å²) in [6, 6.07) is 9.45. The molecule has 1 aromatic rings. The summed E-state index contributed by atoms with van der Waals surface area (Å²) in [4.78, 5) is 13.6. The highest BCUT2D eigenvalue weighted by Crippen LogP contribution is 2.22. The van der Waals surface area contributed by atoms with Gasteiger partial charge in [-0.2, -0.15) is 0 Å². The molecule has 1 fully saturated rings. The van der Waals surface area contributed by atoms with Crippen LogP contribution in [0.15, 0.2) is 30.3 Å². The second-order valence-electron chi connectivity index (χ2n) is 4.95. The highest BCUT2D eigenvalue weighted by molar-refractivity contribution is 5.76. The molecule has 2 unspecified atom stereocenters. The maximum absolute atomic E-state index is 11.4. The minimum absolute atomic E-state index is 0.442. The van der Waals surface area contributed by atoms with Crippen molar-refractivity contribution >= 4 is 5.97 Å². The Morgan fingerprint density at radius 1 is 1.44 bits per heavy atom. The van der Waals surface area contributed by atoms with Crippen LogP contribution in [0.1, 0.15) is 17.9 Å². The lowest BCUT2D eigenvalue weighted by Gasteiger charge is -2.21. The van der Waals surface area contributed by atoms with Gasteiger partial charge in [0, 0.05) is 13.1 Å². The first-order chi connectivity index (χ1) is 8.70. The lowest BCUT2D eigenvalue weighted by Crippen LogP contribution is -2.31. The van der Waals surface area contributed by atoms with Crippen LogP contribution in [0.4, 0.5) is 0 Å². The number of carboxylic acid groups (broad SMARTS) is 1. The molecule has 0 spiro atoms. The second-order valence-corrected chi connectivity index (χ2v) is 4.95. The molecule has 0 amide bonds. The zero-order valence-corrected chi connectivity index (χ0v) is 10.5. The number of benzene rings is 1. The molecule has 3 N–H and O–H groups in total. The van der Waals surface area contributed by atoms with E-state index in [2.05, 4.69) is 4.90 Å². The van der Waals surface area contributed by atoms with Gasteiger partial charge in [-0.25, -0.2) is 0 Å². The van der Waals surface area contributed by atoms with Crippen LogP contribution in [0.25, 0.3) is 0 Å². The van der Waals surface area contributed by atoms with Gasteiger partial charge in [-0.05, 0) is 31.0 Å². The first-order valence-electron chi connectivity index (χ1n) is 6.41. The number of carboxylic acids is 1. The number of carbonyl (C=O) groups is 1. The van der Waals surface area contributed by atoms with Gasteiger partial charge in [0.1, 0.15) is 0 Å². The fourth-order valence-corrected chi connectivity index (χ4v) is 2.54. The van der Waals surface area contributed by atoms with E-state index in [0.717, 1.165) is 25.1 Å². The normalized spacial score (nSPS) is 21.9. The summed E-state index contributed by atoms with van der Waals surface area (Å²) in [5, 5.41) is 9.36. The Bertz CT molecular complexity index is 394. The molecule has 1 saturated heterocycles. The highest BCUT2D eigenvalue weighted by Gasteiger charge is 2.27. The third-order valence-electron chi connectivity index (χ3n) is 3.64. The molecule has 0 aromatic heterocycles. The van der Waals surface area contributed by atoms with Crippen LogP contribution >= 0.6 is 0 Å². The predicted octanol–water partition coefficient (Wildman–Crippen LogP) is 1.14. The van der Waals surface area contributed by atoms with E-state index in [-0.39, 0.29) is 0 Å². The summed E-state index contributed by atoms with van der Waals surface area (Å²) in [5.41, 5.74) is 6.53. The van der Waals surface area contributed by atoms with Gasteiger partial charge in [0.15, 0.2) is 0 Å². The van der Waals surface area contributed by atoms with E-state index in [0.29, 0.717) is 19.0 Å². The average molecular weight is 248 g/mol. The van der Waals surface area contributed by atoms with E-state index in [9.17, 15) is 9.90 Å². The van der Waals surface area contributed by atoms with Crippen molar-refractivity contribution in [3.63, 3.8) is 0 Å². The van der Waals surface area contributed by atoms with E-state index in [1.165, 1.54) is 0 Å². The Kier molecular flexibility index (Phi) is 4.33. The van der Waals surface area contributed by atoms with E-state index in [4.69, 9.17) is 5.73 Å². The fraction of sp³-hybridized carbons (Fsp3) is 0.500. The minimum Gasteiger partial charge on any atom is -0.481 e. The van der Waals surface area contributed by atoms with Crippen LogP contribution in [0.5, 0.6) is 0 Å². The molecular formula is C14H20N2O2. The summed E-state index contributed by atoms with van der Waals surface area (Å²) in [6.07, 6.45) is 1.08. The molecule has 1 aliphatic rings. The van der Waals surface area contributed by atoms with Crippen molar-refractivity contribution in [2.45, 2.75) is 12.3 Å². The average Bonchev–Trinajstić information content (AvgIpc) is 2.84. The molecule has 4 nitrogen and oxygen atoms in total. The van der Waals surface area contributed by atoms with Crippen molar-refractivity contribution in [1.82, 2.24) is 4.90 Å². The van der Waals surface area contributed by atoms with Gasteiger partial charge in [0.25, 0.3) is 0 Å². The second kappa shape index (κ2) is 5.98. The van der Waals surface area contributed by atoms with E-state index in [1.54, 1.807) is 0 Å². The van der Waals surface area contributed by atoms with Crippen LogP contribution in [-0.4, -0.2) is 42.2 Å². The van der Waals surface area contributed by atoms with Crippen LogP contribution in [0, 0.1) is 5.92 Å². The molecule has 2 rings (SSSR count). The first-order valence-corrected chi connectivity index (χ1v) is 6.41. The number of nitrogens with zero attached hydrogens (tertiary/aromatic N) is 1. The monoisotopic (exact) mass is 248 g/mol. The minimum atomic E-state index is -0.752. The van der Waals surface area contributed by atoms with Crippen LogP contribution in [-0.2, 0) is 4.79 Å². The lowest BCUT2D eigenvalue weighted by molar-refractivity contribution is -0.139. The molecule has 0 radical (unpaired) electrons. The highest BCUT2D eigenvalue weighted by atomic mass is 16.4. The Morgan fingerprint density at radius 2 is 2.17 bits per heavy atom. The summed E-state index contributed by atoms with van der Waals surface area (Å²) in [6.45, 7) is 3.15. The first kappa shape index (κ1) is 13.1. The number of aliphatic carboxylic acids is 1. The van der Waals surface area contributed by atoms with E-state index < -0.39 is 11.9 Å². The quantitative estimate of drug-likeness (QED) is 0.820. The molecule has 0 bridgehead atoms. The maximum atomic E-state index is 11.4. The lowest BCUT2D eigenvalue weighted by atomic mass is 9.99. The zero-order valence-electron chi connectivity index (χ0n) is 10.5. The Morgan fingerprint density at radius 3 is 2.72 bits per heavy atom. The van der Waals surface area contributed by atoms with Crippen LogP contribution in [0.3, 0.4) is 0 Å². The Balaban J connectivity index is 2.02. The molecule has 1 aromatic carbocycles. The van der Waals surface area contributed by atoms with Gasteiger partial charge in [-0.15, -0.1) is 0 Å². The van der Waals surface area contributed by atoms with Gasteiger partial charge in [0.2, 0.25) is 0 Å². The van der Waals surface area contributed by atoms with Gasteiger partial charge < -0.3 is 15.7 Å². The number of likely N-dealkylation sites (tertiary alicyclic amines) is 1.